The summed E-state index contributed by atoms with van der Waals surface area (Å²) in [4.78, 5) is 1.61. The van der Waals surface area contributed by atoms with Gasteiger partial charge >= 0.3 is 6.18 Å². The van der Waals surface area contributed by atoms with Gasteiger partial charge in [-0.15, -0.1) is 0 Å². The van der Waals surface area contributed by atoms with Crippen LogP contribution in [0.25, 0.3) is 0 Å². The number of hydrogen-bond acceptors (Lipinski definition) is 2. The van der Waals surface area contributed by atoms with Gasteiger partial charge in [-0.3, -0.25) is 0 Å². The minimum absolute atomic E-state index is 0.176. The van der Waals surface area contributed by atoms with E-state index in [1.54, 1.807) is 11.0 Å². The zero-order chi connectivity index (χ0) is 13.0. The lowest BCUT2D eigenvalue weighted by atomic mass is 9.87. The first-order valence-electron chi connectivity index (χ1n) is 6.04. The SMILES string of the molecule is OC1(C2CC2)CN(c2ccccc2C(F)(F)F)C1. The molecule has 1 aromatic carbocycles. The second-order valence-corrected chi connectivity index (χ2v) is 5.25. The van der Waals surface area contributed by atoms with Crippen LogP contribution in [0.1, 0.15) is 18.4 Å². The second-order valence-electron chi connectivity index (χ2n) is 5.25. The number of β-amino-alcohol motifs (C(OH)–C–C–N with tert-alkyl or cyclic N) is 1. The highest BCUT2D eigenvalue weighted by molar-refractivity contribution is 5.58. The number of halogens is 3. The molecule has 0 bridgehead atoms. The Morgan fingerprint density at radius 2 is 1.78 bits per heavy atom. The maximum Gasteiger partial charge on any atom is 0.418 e. The smallest absolute Gasteiger partial charge is 0.386 e. The highest BCUT2D eigenvalue weighted by atomic mass is 19.4. The molecule has 0 aromatic heterocycles. The van der Waals surface area contributed by atoms with Crippen LogP contribution in [-0.4, -0.2) is 23.8 Å². The molecule has 2 fully saturated rings. The van der Waals surface area contributed by atoms with Crippen LogP contribution in [0.4, 0.5) is 18.9 Å². The molecular formula is C13H14F3NO. The van der Waals surface area contributed by atoms with Gasteiger partial charge in [-0.2, -0.15) is 13.2 Å². The van der Waals surface area contributed by atoms with Crippen LogP contribution in [0.2, 0.25) is 0 Å². The van der Waals surface area contributed by atoms with Crippen molar-refractivity contribution in [2.45, 2.75) is 24.6 Å². The van der Waals surface area contributed by atoms with Gasteiger partial charge in [0.25, 0.3) is 0 Å². The lowest BCUT2D eigenvalue weighted by molar-refractivity contribution is -0.137. The van der Waals surface area contributed by atoms with Crippen molar-refractivity contribution in [1.29, 1.82) is 0 Å². The zero-order valence-corrected chi connectivity index (χ0v) is 9.74. The molecule has 1 aliphatic carbocycles. The summed E-state index contributed by atoms with van der Waals surface area (Å²) in [7, 11) is 0. The maximum absolute atomic E-state index is 12.8. The fraction of sp³-hybridized carbons (Fsp3) is 0.538. The molecule has 1 saturated heterocycles. The van der Waals surface area contributed by atoms with Crippen molar-refractivity contribution in [1.82, 2.24) is 0 Å². The van der Waals surface area contributed by atoms with E-state index in [9.17, 15) is 18.3 Å². The molecule has 5 heteroatoms. The third-order valence-corrected chi connectivity index (χ3v) is 3.82. The molecule has 0 atom stereocenters. The minimum atomic E-state index is -4.34. The van der Waals surface area contributed by atoms with E-state index in [1.165, 1.54) is 12.1 Å². The third kappa shape index (κ3) is 1.86. The molecule has 2 nitrogen and oxygen atoms in total. The van der Waals surface area contributed by atoms with Crippen LogP contribution < -0.4 is 4.90 Å². The van der Waals surface area contributed by atoms with E-state index in [0.29, 0.717) is 13.1 Å². The highest BCUT2D eigenvalue weighted by Crippen LogP contribution is 2.47. The Morgan fingerprint density at radius 1 is 1.17 bits per heavy atom. The van der Waals surface area contributed by atoms with E-state index >= 15 is 0 Å². The molecule has 0 amide bonds. The van der Waals surface area contributed by atoms with E-state index in [2.05, 4.69) is 0 Å². The largest absolute Gasteiger partial charge is 0.418 e. The van der Waals surface area contributed by atoms with Gasteiger partial charge in [0.15, 0.2) is 0 Å². The summed E-state index contributed by atoms with van der Waals surface area (Å²) in [5.41, 5.74) is -1.21. The summed E-state index contributed by atoms with van der Waals surface area (Å²) >= 11 is 0. The molecule has 98 valence electrons. The zero-order valence-electron chi connectivity index (χ0n) is 9.74. The Labute approximate surface area is 103 Å². The van der Waals surface area contributed by atoms with Crippen molar-refractivity contribution >= 4 is 5.69 Å². The monoisotopic (exact) mass is 257 g/mol. The Hall–Kier alpha value is -1.23. The van der Waals surface area contributed by atoms with E-state index in [-0.39, 0.29) is 11.6 Å². The number of hydrogen-bond donors (Lipinski definition) is 1. The molecule has 1 N–H and O–H groups in total. The van der Waals surface area contributed by atoms with Gasteiger partial charge in [-0.25, -0.2) is 0 Å². The van der Waals surface area contributed by atoms with E-state index in [1.807, 2.05) is 0 Å². The number of alkyl halides is 3. The van der Waals surface area contributed by atoms with Crippen LogP contribution in [-0.2, 0) is 6.18 Å². The van der Waals surface area contributed by atoms with Crippen LogP contribution in [0, 0.1) is 5.92 Å². The van der Waals surface area contributed by atoms with Gasteiger partial charge in [0.2, 0.25) is 0 Å². The molecule has 2 aliphatic rings. The molecule has 18 heavy (non-hydrogen) atoms. The molecule has 1 heterocycles. The first-order chi connectivity index (χ1) is 8.40. The number of rotatable bonds is 2. The Balaban J connectivity index is 1.82. The summed E-state index contributed by atoms with van der Waals surface area (Å²) in [6, 6.07) is 5.54. The molecular weight excluding hydrogens is 243 g/mol. The normalized spacial score (nSPS) is 22.8. The van der Waals surface area contributed by atoms with Gasteiger partial charge in [-0.05, 0) is 30.9 Å². The number of nitrogens with zero attached hydrogens (tertiary/aromatic N) is 1. The van der Waals surface area contributed by atoms with Crippen molar-refractivity contribution < 1.29 is 18.3 Å². The number of anilines is 1. The lowest BCUT2D eigenvalue weighted by Crippen LogP contribution is -2.63. The van der Waals surface area contributed by atoms with Gasteiger partial charge in [0.05, 0.1) is 5.56 Å². The topological polar surface area (TPSA) is 23.5 Å². The standard InChI is InChI=1S/C13H14F3NO/c14-13(15,16)10-3-1-2-4-11(10)17-7-12(18,8-17)9-5-6-9/h1-4,9,18H,5-8H2. The van der Waals surface area contributed by atoms with Crippen molar-refractivity contribution in [3.8, 4) is 0 Å². The highest BCUT2D eigenvalue weighted by Gasteiger charge is 2.53. The lowest BCUT2D eigenvalue weighted by Gasteiger charge is -2.49. The Kier molecular flexibility index (Phi) is 2.39. The van der Waals surface area contributed by atoms with Crippen LogP contribution in [0.15, 0.2) is 24.3 Å². The molecule has 1 saturated carbocycles. The summed E-state index contributed by atoms with van der Waals surface area (Å²) in [6.07, 6.45) is -2.36. The molecule has 0 unspecified atom stereocenters. The number of benzene rings is 1. The summed E-state index contributed by atoms with van der Waals surface area (Å²) < 4.78 is 38.5. The average Bonchev–Trinajstić information content (AvgIpc) is 3.07. The van der Waals surface area contributed by atoms with Crippen molar-refractivity contribution in [3.63, 3.8) is 0 Å². The van der Waals surface area contributed by atoms with Gasteiger partial charge in [-0.1, -0.05) is 12.1 Å². The third-order valence-electron chi connectivity index (χ3n) is 3.82. The maximum atomic E-state index is 12.8. The van der Waals surface area contributed by atoms with Crippen LogP contribution >= 0.6 is 0 Å². The van der Waals surface area contributed by atoms with Gasteiger partial charge in [0, 0.05) is 18.8 Å². The predicted molar refractivity (Wildman–Crippen MR) is 61.3 cm³/mol. The van der Waals surface area contributed by atoms with E-state index in [0.717, 1.165) is 18.9 Å². The predicted octanol–water partition coefficient (Wildman–Crippen LogP) is 2.67. The first kappa shape index (κ1) is 11.8. The van der Waals surface area contributed by atoms with Crippen molar-refractivity contribution in [3.05, 3.63) is 29.8 Å². The molecule has 1 aromatic rings. The molecule has 3 rings (SSSR count). The summed E-state index contributed by atoms with van der Waals surface area (Å²) in [5.74, 6) is 0.284. The number of aliphatic hydroxyl groups is 1. The first-order valence-corrected chi connectivity index (χ1v) is 6.04. The Bertz CT molecular complexity index is 462. The van der Waals surface area contributed by atoms with Crippen LogP contribution in [0.5, 0.6) is 0 Å². The fourth-order valence-electron chi connectivity index (χ4n) is 2.65. The van der Waals surface area contributed by atoms with E-state index in [4.69, 9.17) is 0 Å². The Morgan fingerprint density at radius 3 is 2.33 bits per heavy atom. The van der Waals surface area contributed by atoms with Gasteiger partial charge < -0.3 is 10.0 Å². The summed E-state index contributed by atoms with van der Waals surface area (Å²) in [6.45, 7) is 0.621. The van der Waals surface area contributed by atoms with Crippen molar-refractivity contribution in [2.75, 3.05) is 18.0 Å². The molecule has 1 aliphatic heterocycles. The second kappa shape index (κ2) is 3.63. The summed E-state index contributed by atoms with van der Waals surface area (Å²) in [5, 5.41) is 10.2. The van der Waals surface area contributed by atoms with Crippen LogP contribution in [0.3, 0.4) is 0 Å². The number of para-hydroxylation sites is 1. The molecule has 0 radical (unpaired) electrons. The fourth-order valence-corrected chi connectivity index (χ4v) is 2.65. The van der Waals surface area contributed by atoms with E-state index < -0.39 is 17.3 Å². The van der Waals surface area contributed by atoms with Crippen molar-refractivity contribution in [2.24, 2.45) is 5.92 Å². The quantitative estimate of drug-likeness (QED) is 0.880. The molecule has 0 spiro atoms. The minimum Gasteiger partial charge on any atom is -0.386 e. The van der Waals surface area contributed by atoms with Gasteiger partial charge in [0.1, 0.15) is 5.60 Å². The average molecular weight is 257 g/mol.